The number of nitrogens with zero attached hydrogens (tertiary/aromatic N) is 1. The second kappa shape index (κ2) is 7.42. The fourth-order valence-electron chi connectivity index (χ4n) is 3.24. The zero-order chi connectivity index (χ0) is 16.1. The maximum absolute atomic E-state index is 12.6. The third-order valence-electron chi connectivity index (χ3n) is 4.50. The first-order valence-corrected chi connectivity index (χ1v) is 8.21. The van der Waals surface area contributed by atoms with E-state index in [0.717, 1.165) is 43.8 Å². The van der Waals surface area contributed by atoms with Crippen molar-refractivity contribution >= 4 is 5.78 Å². The molecular formula is C20H23NO2. The lowest BCUT2D eigenvalue weighted by molar-refractivity contribution is 0.0811. The predicted molar refractivity (Wildman–Crippen MR) is 91.8 cm³/mol. The zero-order valence-corrected chi connectivity index (χ0v) is 13.6. The van der Waals surface area contributed by atoms with E-state index < -0.39 is 0 Å². The van der Waals surface area contributed by atoms with E-state index in [1.807, 2.05) is 42.5 Å². The maximum Gasteiger partial charge on any atom is 0.167 e. The van der Waals surface area contributed by atoms with Crippen LogP contribution >= 0.6 is 0 Å². The van der Waals surface area contributed by atoms with Crippen LogP contribution in [-0.2, 0) is 6.54 Å². The maximum atomic E-state index is 12.6. The van der Waals surface area contributed by atoms with Gasteiger partial charge >= 0.3 is 0 Å². The van der Waals surface area contributed by atoms with Crippen molar-refractivity contribution in [1.29, 1.82) is 0 Å². The smallest absolute Gasteiger partial charge is 0.167 e. The van der Waals surface area contributed by atoms with E-state index >= 15 is 0 Å². The van der Waals surface area contributed by atoms with Gasteiger partial charge in [0, 0.05) is 24.6 Å². The van der Waals surface area contributed by atoms with Crippen LogP contribution in [0.4, 0.5) is 0 Å². The molecular weight excluding hydrogens is 286 g/mol. The number of hydrogen-bond donors (Lipinski definition) is 0. The molecule has 0 N–H and O–H groups in total. The van der Waals surface area contributed by atoms with Crippen molar-refractivity contribution in [2.24, 2.45) is 5.92 Å². The molecule has 120 valence electrons. The summed E-state index contributed by atoms with van der Waals surface area (Å²) < 4.78 is 5.20. The van der Waals surface area contributed by atoms with Gasteiger partial charge in [-0.05, 0) is 37.1 Å². The molecule has 3 heteroatoms. The van der Waals surface area contributed by atoms with Crippen molar-refractivity contribution in [1.82, 2.24) is 4.90 Å². The fraction of sp³-hybridized carbons (Fsp3) is 0.350. The molecule has 1 unspecified atom stereocenters. The van der Waals surface area contributed by atoms with E-state index in [1.165, 1.54) is 5.56 Å². The Balaban J connectivity index is 1.62. The number of piperidine rings is 1. The van der Waals surface area contributed by atoms with E-state index in [2.05, 4.69) is 17.0 Å². The standard InChI is InChI=1S/C20H23NO2/c1-23-19-11-9-16(10-12-19)14-21-13-5-8-18(15-21)20(22)17-6-3-2-4-7-17/h2-4,6-7,9-12,18H,5,8,13-15H2,1H3. The van der Waals surface area contributed by atoms with Gasteiger partial charge in [0.15, 0.2) is 5.78 Å². The molecule has 0 spiro atoms. The predicted octanol–water partition coefficient (Wildman–Crippen LogP) is 3.79. The van der Waals surface area contributed by atoms with Gasteiger partial charge in [-0.3, -0.25) is 9.69 Å². The SMILES string of the molecule is COc1ccc(CN2CCCC(C(=O)c3ccccc3)C2)cc1. The molecule has 3 rings (SSSR count). The van der Waals surface area contributed by atoms with Crippen LogP contribution in [0.5, 0.6) is 5.75 Å². The van der Waals surface area contributed by atoms with Crippen molar-refractivity contribution < 1.29 is 9.53 Å². The average molecular weight is 309 g/mol. The molecule has 3 nitrogen and oxygen atoms in total. The number of likely N-dealkylation sites (tertiary alicyclic amines) is 1. The minimum atomic E-state index is 0.115. The number of carbonyl (C=O) groups is 1. The van der Waals surface area contributed by atoms with Gasteiger partial charge < -0.3 is 4.74 Å². The van der Waals surface area contributed by atoms with Gasteiger partial charge in [-0.15, -0.1) is 0 Å². The Bertz CT molecular complexity index is 636. The number of Topliss-reactive ketones (excluding diaryl/α,β-unsaturated/α-hetero) is 1. The highest BCUT2D eigenvalue weighted by Gasteiger charge is 2.26. The first-order chi connectivity index (χ1) is 11.3. The third-order valence-corrected chi connectivity index (χ3v) is 4.50. The largest absolute Gasteiger partial charge is 0.497 e. The number of ketones is 1. The van der Waals surface area contributed by atoms with Crippen molar-refractivity contribution in [2.45, 2.75) is 19.4 Å². The Hall–Kier alpha value is -2.13. The Morgan fingerprint density at radius 3 is 2.57 bits per heavy atom. The minimum absolute atomic E-state index is 0.115. The van der Waals surface area contributed by atoms with Crippen LogP contribution in [0.1, 0.15) is 28.8 Å². The Labute approximate surface area is 137 Å². The molecule has 1 saturated heterocycles. The van der Waals surface area contributed by atoms with Crippen LogP contribution in [-0.4, -0.2) is 30.9 Å². The molecule has 0 aromatic heterocycles. The number of rotatable bonds is 5. The van der Waals surface area contributed by atoms with Gasteiger partial charge in [0.1, 0.15) is 5.75 Å². The number of hydrogen-bond acceptors (Lipinski definition) is 3. The molecule has 0 amide bonds. The monoisotopic (exact) mass is 309 g/mol. The molecule has 1 heterocycles. The lowest BCUT2D eigenvalue weighted by Gasteiger charge is -2.32. The Kier molecular flexibility index (Phi) is 5.09. The molecule has 0 radical (unpaired) electrons. The molecule has 23 heavy (non-hydrogen) atoms. The fourth-order valence-corrected chi connectivity index (χ4v) is 3.24. The van der Waals surface area contributed by atoms with Crippen molar-refractivity contribution in [2.75, 3.05) is 20.2 Å². The molecule has 1 aliphatic rings. The van der Waals surface area contributed by atoms with Crippen LogP contribution in [0, 0.1) is 5.92 Å². The van der Waals surface area contributed by atoms with Crippen molar-refractivity contribution in [3.8, 4) is 5.75 Å². The molecule has 0 bridgehead atoms. The van der Waals surface area contributed by atoms with Crippen molar-refractivity contribution in [3.63, 3.8) is 0 Å². The summed E-state index contributed by atoms with van der Waals surface area (Å²) in [6.45, 7) is 2.80. The number of carbonyl (C=O) groups excluding carboxylic acids is 1. The van der Waals surface area contributed by atoms with E-state index in [0.29, 0.717) is 0 Å². The minimum Gasteiger partial charge on any atom is -0.497 e. The molecule has 2 aromatic rings. The van der Waals surface area contributed by atoms with Gasteiger partial charge in [0.05, 0.1) is 7.11 Å². The summed E-state index contributed by atoms with van der Waals surface area (Å²) in [5.41, 5.74) is 2.10. The molecule has 0 aliphatic carbocycles. The lowest BCUT2D eigenvalue weighted by Crippen LogP contribution is -2.38. The normalized spacial score (nSPS) is 18.6. The van der Waals surface area contributed by atoms with Crippen LogP contribution in [0.15, 0.2) is 54.6 Å². The number of benzene rings is 2. The van der Waals surface area contributed by atoms with E-state index in [-0.39, 0.29) is 11.7 Å². The highest BCUT2D eigenvalue weighted by atomic mass is 16.5. The lowest BCUT2D eigenvalue weighted by atomic mass is 9.90. The highest BCUT2D eigenvalue weighted by Crippen LogP contribution is 2.23. The number of ether oxygens (including phenoxy) is 1. The van der Waals surface area contributed by atoms with E-state index in [9.17, 15) is 4.79 Å². The van der Waals surface area contributed by atoms with Crippen LogP contribution in [0.3, 0.4) is 0 Å². The second-order valence-corrected chi connectivity index (χ2v) is 6.15. The van der Waals surface area contributed by atoms with Gasteiger partial charge in [0.2, 0.25) is 0 Å². The zero-order valence-electron chi connectivity index (χ0n) is 13.6. The van der Waals surface area contributed by atoms with E-state index in [4.69, 9.17) is 4.74 Å². The van der Waals surface area contributed by atoms with Crippen LogP contribution < -0.4 is 4.74 Å². The number of methoxy groups -OCH3 is 1. The summed E-state index contributed by atoms with van der Waals surface area (Å²) in [5, 5.41) is 0. The molecule has 1 fully saturated rings. The first-order valence-electron chi connectivity index (χ1n) is 8.21. The molecule has 1 atom stereocenters. The molecule has 0 saturated carbocycles. The quantitative estimate of drug-likeness (QED) is 0.787. The topological polar surface area (TPSA) is 29.5 Å². The Morgan fingerprint density at radius 1 is 1.13 bits per heavy atom. The third kappa shape index (κ3) is 3.99. The summed E-state index contributed by atoms with van der Waals surface area (Å²) in [4.78, 5) is 15.0. The summed E-state index contributed by atoms with van der Waals surface area (Å²) in [6.07, 6.45) is 2.08. The van der Waals surface area contributed by atoms with Crippen LogP contribution in [0.25, 0.3) is 0 Å². The first kappa shape index (κ1) is 15.8. The van der Waals surface area contributed by atoms with Gasteiger partial charge in [-0.1, -0.05) is 42.5 Å². The van der Waals surface area contributed by atoms with Gasteiger partial charge in [-0.2, -0.15) is 0 Å². The van der Waals surface area contributed by atoms with Gasteiger partial charge in [0.25, 0.3) is 0 Å². The van der Waals surface area contributed by atoms with Gasteiger partial charge in [-0.25, -0.2) is 0 Å². The van der Waals surface area contributed by atoms with Crippen LogP contribution in [0.2, 0.25) is 0 Å². The average Bonchev–Trinajstić information content (AvgIpc) is 2.63. The highest BCUT2D eigenvalue weighted by molar-refractivity contribution is 5.98. The summed E-state index contributed by atoms with van der Waals surface area (Å²) in [5.74, 6) is 1.28. The van der Waals surface area contributed by atoms with E-state index in [1.54, 1.807) is 7.11 Å². The Morgan fingerprint density at radius 2 is 1.87 bits per heavy atom. The summed E-state index contributed by atoms with van der Waals surface area (Å²) in [6, 6.07) is 17.8. The van der Waals surface area contributed by atoms with Crippen molar-refractivity contribution in [3.05, 3.63) is 65.7 Å². The summed E-state index contributed by atoms with van der Waals surface area (Å²) in [7, 11) is 1.68. The second-order valence-electron chi connectivity index (χ2n) is 6.15. The molecule has 1 aliphatic heterocycles. The summed E-state index contributed by atoms with van der Waals surface area (Å²) >= 11 is 0. The molecule has 2 aromatic carbocycles.